The van der Waals surface area contributed by atoms with Gasteiger partial charge in [0.05, 0.1) is 23.5 Å². The number of imide groups is 2. The first kappa shape index (κ1) is 25.7. The van der Waals surface area contributed by atoms with Crippen molar-refractivity contribution in [1.82, 2.24) is 5.32 Å². The van der Waals surface area contributed by atoms with Gasteiger partial charge in [0.2, 0.25) is 0 Å². The summed E-state index contributed by atoms with van der Waals surface area (Å²) in [6.07, 6.45) is 1.30. The van der Waals surface area contributed by atoms with Crippen LogP contribution < -0.4 is 25.0 Å². The van der Waals surface area contributed by atoms with Crippen molar-refractivity contribution in [3.05, 3.63) is 87.9 Å². The Bertz CT molecular complexity index is 1440. The van der Waals surface area contributed by atoms with Gasteiger partial charge in [-0.25, -0.2) is 9.69 Å². The molecule has 1 heterocycles. The van der Waals surface area contributed by atoms with E-state index < -0.39 is 23.8 Å². The van der Waals surface area contributed by atoms with Crippen LogP contribution in [0.15, 0.2) is 72.3 Å². The molecule has 0 aromatic heterocycles. The summed E-state index contributed by atoms with van der Waals surface area (Å²) in [5.41, 5.74) is 0.823. The Balaban J connectivity index is 1.48. The molecule has 0 aliphatic carbocycles. The number of benzene rings is 3. The third-order valence-corrected chi connectivity index (χ3v) is 5.71. The summed E-state index contributed by atoms with van der Waals surface area (Å²) in [5.74, 6) is -1.38. The molecule has 0 bridgehead atoms. The lowest BCUT2D eigenvalue weighted by molar-refractivity contribution is -0.122. The van der Waals surface area contributed by atoms with Crippen LogP contribution in [0.1, 0.15) is 5.56 Å². The summed E-state index contributed by atoms with van der Waals surface area (Å²) >= 11 is 12.3. The van der Waals surface area contributed by atoms with Gasteiger partial charge in [0.25, 0.3) is 17.7 Å². The average molecular weight is 540 g/mol. The number of ether oxygens (including phenoxy) is 2. The second-order valence-electron chi connectivity index (χ2n) is 7.66. The Labute approximate surface area is 221 Å². The van der Waals surface area contributed by atoms with E-state index in [1.54, 1.807) is 42.5 Å². The highest BCUT2D eigenvalue weighted by atomic mass is 35.5. The van der Waals surface area contributed by atoms with E-state index in [2.05, 4.69) is 10.6 Å². The molecule has 3 aromatic rings. The zero-order valence-electron chi connectivity index (χ0n) is 19.3. The monoisotopic (exact) mass is 539 g/mol. The standard InChI is InChI=1S/C26H19Cl2N3O6/c1-36-22-8-3-2-7-20(22)29-23(32)14-37-21-10-9-15(12-19(21)28)11-18-24(33)30-26(35)31(25(18)34)17-6-4-5-16(27)13-17/h2-13H,14H2,1H3,(H,29,32)(H,30,33,35)/b18-11+. The summed E-state index contributed by atoms with van der Waals surface area (Å²) in [5, 5.41) is 5.29. The maximum absolute atomic E-state index is 13.0. The molecule has 188 valence electrons. The predicted octanol–water partition coefficient (Wildman–Crippen LogP) is 4.69. The number of amides is 5. The van der Waals surface area contributed by atoms with E-state index in [4.69, 9.17) is 32.7 Å². The summed E-state index contributed by atoms with van der Waals surface area (Å²) in [6, 6.07) is 16.7. The van der Waals surface area contributed by atoms with Gasteiger partial charge in [-0.15, -0.1) is 0 Å². The van der Waals surface area contributed by atoms with Crippen LogP contribution in [0.3, 0.4) is 0 Å². The van der Waals surface area contributed by atoms with Crippen molar-refractivity contribution >= 4 is 64.4 Å². The summed E-state index contributed by atoms with van der Waals surface area (Å²) in [7, 11) is 1.50. The molecule has 0 saturated carbocycles. The first-order valence-corrected chi connectivity index (χ1v) is 11.5. The van der Waals surface area contributed by atoms with Crippen molar-refractivity contribution in [2.45, 2.75) is 0 Å². The zero-order chi connectivity index (χ0) is 26.5. The predicted molar refractivity (Wildman–Crippen MR) is 139 cm³/mol. The Hall–Kier alpha value is -4.34. The maximum atomic E-state index is 13.0. The van der Waals surface area contributed by atoms with Crippen LogP contribution >= 0.6 is 23.2 Å². The third kappa shape index (κ3) is 5.91. The summed E-state index contributed by atoms with van der Waals surface area (Å²) in [6.45, 7) is -0.324. The Morgan fingerprint density at radius 1 is 1.00 bits per heavy atom. The first-order chi connectivity index (χ1) is 17.8. The lowest BCUT2D eigenvalue weighted by Crippen LogP contribution is -2.54. The topological polar surface area (TPSA) is 114 Å². The number of nitrogens with zero attached hydrogens (tertiary/aromatic N) is 1. The summed E-state index contributed by atoms with van der Waals surface area (Å²) < 4.78 is 10.7. The van der Waals surface area contributed by atoms with Crippen molar-refractivity contribution < 1.29 is 28.7 Å². The van der Waals surface area contributed by atoms with E-state index in [1.165, 1.54) is 37.5 Å². The van der Waals surface area contributed by atoms with Gasteiger partial charge < -0.3 is 14.8 Å². The zero-order valence-corrected chi connectivity index (χ0v) is 20.8. The van der Waals surface area contributed by atoms with Crippen molar-refractivity contribution in [3.8, 4) is 11.5 Å². The Morgan fingerprint density at radius 2 is 1.78 bits per heavy atom. The van der Waals surface area contributed by atoms with E-state index in [9.17, 15) is 19.2 Å². The number of carbonyl (C=O) groups excluding carboxylic acids is 4. The molecule has 5 amide bonds. The fourth-order valence-electron chi connectivity index (χ4n) is 3.48. The Morgan fingerprint density at radius 3 is 2.51 bits per heavy atom. The molecule has 1 aliphatic heterocycles. The largest absolute Gasteiger partial charge is 0.495 e. The van der Waals surface area contributed by atoms with E-state index in [-0.39, 0.29) is 28.6 Å². The summed E-state index contributed by atoms with van der Waals surface area (Å²) in [4.78, 5) is 50.9. The van der Waals surface area contributed by atoms with Gasteiger partial charge in [-0.1, -0.05) is 47.5 Å². The molecule has 1 fully saturated rings. The van der Waals surface area contributed by atoms with E-state index >= 15 is 0 Å². The number of urea groups is 1. The van der Waals surface area contributed by atoms with Crippen molar-refractivity contribution in [3.63, 3.8) is 0 Å². The molecule has 9 nitrogen and oxygen atoms in total. The molecule has 0 spiro atoms. The quantitative estimate of drug-likeness (QED) is 0.332. The Kier molecular flexibility index (Phi) is 7.76. The molecule has 0 unspecified atom stereocenters. The van der Waals surface area contributed by atoms with Crippen LogP contribution in [-0.2, 0) is 14.4 Å². The lowest BCUT2D eigenvalue weighted by Gasteiger charge is -2.26. The van der Waals surface area contributed by atoms with Crippen molar-refractivity contribution in [2.75, 3.05) is 23.9 Å². The SMILES string of the molecule is COc1ccccc1NC(=O)COc1ccc(/C=C2\C(=O)NC(=O)N(c3cccc(Cl)c3)C2=O)cc1Cl. The maximum Gasteiger partial charge on any atom is 0.335 e. The molecular weight excluding hydrogens is 521 g/mol. The molecule has 2 N–H and O–H groups in total. The molecule has 4 rings (SSSR count). The smallest absolute Gasteiger partial charge is 0.335 e. The number of methoxy groups -OCH3 is 1. The molecule has 0 atom stereocenters. The van der Waals surface area contributed by atoms with Gasteiger partial charge >= 0.3 is 6.03 Å². The second kappa shape index (κ2) is 11.2. The first-order valence-electron chi connectivity index (χ1n) is 10.8. The van der Waals surface area contributed by atoms with Crippen LogP contribution in [0.5, 0.6) is 11.5 Å². The van der Waals surface area contributed by atoms with Gasteiger partial charge in [0.15, 0.2) is 6.61 Å². The molecule has 3 aromatic carbocycles. The van der Waals surface area contributed by atoms with Crippen LogP contribution in [0.4, 0.5) is 16.2 Å². The number of para-hydroxylation sites is 2. The third-order valence-electron chi connectivity index (χ3n) is 5.17. The highest BCUT2D eigenvalue weighted by Gasteiger charge is 2.36. The number of carbonyl (C=O) groups is 4. The van der Waals surface area contributed by atoms with Gasteiger partial charge in [0.1, 0.15) is 17.1 Å². The average Bonchev–Trinajstić information content (AvgIpc) is 2.86. The molecular formula is C26H19Cl2N3O6. The highest BCUT2D eigenvalue weighted by Crippen LogP contribution is 2.29. The molecule has 1 aliphatic rings. The minimum Gasteiger partial charge on any atom is -0.495 e. The van der Waals surface area contributed by atoms with Gasteiger partial charge in [-0.3, -0.25) is 19.7 Å². The van der Waals surface area contributed by atoms with Crippen molar-refractivity contribution in [1.29, 1.82) is 0 Å². The van der Waals surface area contributed by atoms with E-state index in [0.717, 1.165) is 4.90 Å². The van der Waals surface area contributed by atoms with Crippen LogP contribution in [0.2, 0.25) is 10.0 Å². The number of anilines is 2. The second-order valence-corrected chi connectivity index (χ2v) is 8.51. The van der Waals surface area contributed by atoms with Gasteiger partial charge in [0, 0.05) is 5.02 Å². The fraction of sp³-hybridized carbons (Fsp3) is 0.0769. The molecule has 0 radical (unpaired) electrons. The van der Waals surface area contributed by atoms with E-state index in [0.29, 0.717) is 22.0 Å². The number of barbiturate groups is 1. The number of nitrogens with one attached hydrogen (secondary N) is 2. The number of rotatable bonds is 7. The highest BCUT2D eigenvalue weighted by molar-refractivity contribution is 6.39. The van der Waals surface area contributed by atoms with Crippen LogP contribution in [-0.4, -0.2) is 37.5 Å². The lowest BCUT2D eigenvalue weighted by atomic mass is 10.1. The normalized spacial score (nSPS) is 14.4. The number of hydrogen-bond acceptors (Lipinski definition) is 6. The van der Waals surface area contributed by atoms with Crippen LogP contribution in [0, 0.1) is 0 Å². The number of halogens is 2. The number of hydrogen-bond donors (Lipinski definition) is 2. The minimum absolute atomic E-state index is 0.144. The minimum atomic E-state index is -0.886. The molecule has 37 heavy (non-hydrogen) atoms. The fourth-order valence-corrected chi connectivity index (χ4v) is 3.90. The van der Waals surface area contributed by atoms with Gasteiger partial charge in [-0.05, 0) is 54.1 Å². The van der Waals surface area contributed by atoms with Crippen LogP contribution in [0.25, 0.3) is 6.08 Å². The van der Waals surface area contributed by atoms with E-state index in [1.807, 2.05) is 0 Å². The molecule has 11 heteroatoms. The van der Waals surface area contributed by atoms with Crippen molar-refractivity contribution in [2.24, 2.45) is 0 Å². The van der Waals surface area contributed by atoms with Gasteiger partial charge in [-0.2, -0.15) is 0 Å². The molecule has 1 saturated heterocycles.